The lowest BCUT2D eigenvalue weighted by Gasteiger charge is -2.22. The number of fused-ring (bicyclic) bond motifs is 3. The van der Waals surface area contributed by atoms with Crippen LogP contribution in [-0.4, -0.2) is 32.9 Å². The van der Waals surface area contributed by atoms with E-state index in [0.717, 1.165) is 24.9 Å². The molecule has 0 amide bonds. The highest BCUT2D eigenvalue weighted by molar-refractivity contribution is 5.84. The SMILES string of the molecule is CNC1CCc2c(c3ccc(Nc4ccc(O)c(O)c4)nc3n2C)C1. The molecule has 0 aliphatic heterocycles. The van der Waals surface area contributed by atoms with E-state index in [2.05, 4.69) is 28.3 Å². The summed E-state index contributed by atoms with van der Waals surface area (Å²) in [4.78, 5) is 4.77. The lowest BCUT2D eigenvalue weighted by molar-refractivity contribution is 0.404. The Morgan fingerprint density at radius 3 is 2.76 bits per heavy atom. The molecule has 130 valence electrons. The van der Waals surface area contributed by atoms with Crippen molar-refractivity contribution in [3.05, 3.63) is 41.6 Å². The van der Waals surface area contributed by atoms with Crippen molar-refractivity contribution in [2.24, 2.45) is 7.05 Å². The van der Waals surface area contributed by atoms with Gasteiger partial charge in [0.1, 0.15) is 11.5 Å². The summed E-state index contributed by atoms with van der Waals surface area (Å²) in [6.07, 6.45) is 3.23. The van der Waals surface area contributed by atoms with Crippen molar-refractivity contribution in [1.29, 1.82) is 0 Å². The molecular weight excluding hydrogens is 316 g/mol. The third-order valence-corrected chi connectivity index (χ3v) is 5.11. The first-order valence-corrected chi connectivity index (χ1v) is 8.50. The standard InChI is InChI=1S/C19H22N4O2/c1-20-11-3-6-15-14(9-11)13-5-8-18(22-19(13)23(15)2)21-12-4-7-16(24)17(25)10-12/h4-5,7-8,10-11,20,24-25H,3,6,9H2,1-2H3,(H,21,22). The number of phenolic OH excluding ortho intramolecular Hbond substituents is 2. The summed E-state index contributed by atoms with van der Waals surface area (Å²) >= 11 is 0. The Labute approximate surface area is 146 Å². The zero-order valence-electron chi connectivity index (χ0n) is 14.4. The second-order valence-corrected chi connectivity index (χ2v) is 6.61. The molecule has 4 N–H and O–H groups in total. The number of pyridine rings is 1. The largest absolute Gasteiger partial charge is 0.504 e. The minimum Gasteiger partial charge on any atom is -0.504 e. The lowest BCUT2D eigenvalue weighted by Crippen LogP contribution is -2.31. The molecule has 2 aromatic heterocycles. The highest BCUT2D eigenvalue weighted by Gasteiger charge is 2.24. The van der Waals surface area contributed by atoms with Gasteiger partial charge in [-0.2, -0.15) is 0 Å². The zero-order chi connectivity index (χ0) is 17.6. The molecule has 3 aromatic rings. The molecule has 0 fully saturated rings. The number of likely N-dealkylation sites (N-methyl/N-ethyl adjacent to an activating group) is 1. The molecule has 1 aliphatic rings. The summed E-state index contributed by atoms with van der Waals surface area (Å²) in [5, 5.41) is 26.8. The van der Waals surface area contributed by atoms with Crippen molar-refractivity contribution >= 4 is 22.5 Å². The van der Waals surface area contributed by atoms with Crippen LogP contribution in [0, 0.1) is 0 Å². The van der Waals surface area contributed by atoms with Crippen LogP contribution in [0.3, 0.4) is 0 Å². The summed E-state index contributed by atoms with van der Waals surface area (Å²) in [6.45, 7) is 0. The summed E-state index contributed by atoms with van der Waals surface area (Å²) in [6, 6.07) is 9.23. The topological polar surface area (TPSA) is 82.3 Å². The molecular formula is C19H22N4O2. The van der Waals surface area contributed by atoms with Crippen molar-refractivity contribution in [1.82, 2.24) is 14.9 Å². The molecule has 2 heterocycles. The van der Waals surface area contributed by atoms with Gasteiger partial charge in [0.2, 0.25) is 0 Å². The number of rotatable bonds is 3. The monoisotopic (exact) mass is 338 g/mol. The Bertz CT molecular complexity index is 948. The molecule has 0 saturated heterocycles. The second kappa shape index (κ2) is 5.97. The normalized spacial score (nSPS) is 16.8. The number of benzene rings is 1. The molecule has 0 bridgehead atoms. The van der Waals surface area contributed by atoms with Crippen LogP contribution in [0.25, 0.3) is 11.0 Å². The highest BCUT2D eigenvalue weighted by atomic mass is 16.3. The van der Waals surface area contributed by atoms with Crippen LogP contribution in [0.1, 0.15) is 17.7 Å². The van der Waals surface area contributed by atoms with Gasteiger partial charge in [-0.1, -0.05) is 0 Å². The van der Waals surface area contributed by atoms with Crippen LogP contribution >= 0.6 is 0 Å². The third-order valence-electron chi connectivity index (χ3n) is 5.11. The first-order chi connectivity index (χ1) is 12.1. The van der Waals surface area contributed by atoms with Crippen molar-refractivity contribution < 1.29 is 10.2 Å². The van der Waals surface area contributed by atoms with Crippen molar-refractivity contribution in [3.8, 4) is 11.5 Å². The van der Waals surface area contributed by atoms with E-state index in [0.29, 0.717) is 17.5 Å². The number of nitrogens with one attached hydrogen (secondary N) is 2. The number of aromatic nitrogens is 2. The van der Waals surface area contributed by atoms with E-state index in [1.807, 2.05) is 13.1 Å². The fraction of sp³-hybridized carbons (Fsp3) is 0.316. The van der Waals surface area contributed by atoms with Gasteiger partial charge in [-0.15, -0.1) is 0 Å². The smallest absolute Gasteiger partial charge is 0.159 e. The van der Waals surface area contributed by atoms with Gasteiger partial charge in [-0.3, -0.25) is 0 Å². The molecule has 1 unspecified atom stereocenters. The molecule has 4 rings (SSSR count). The number of phenols is 2. The van der Waals surface area contributed by atoms with E-state index in [4.69, 9.17) is 4.98 Å². The maximum absolute atomic E-state index is 9.63. The number of aromatic hydroxyl groups is 2. The summed E-state index contributed by atoms with van der Waals surface area (Å²) in [5.41, 5.74) is 4.41. The van der Waals surface area contributed by atoms with Crippen LogP contribution in [0.2, 0.25) is 0 Å². The van der Waals surface area contributed by atoms with Gasteiger partial charge in [0, 0.05) is 35.9 Å². The molecule has 6 heteroatoms. The van der Waals surface area contributed by atoms with Crippen LogP contribution in [0.15, 0.2) is 30.3 Å². The third kappa shape index (κ3) is 2.68. The molecule has 1 aliphatic carbocycles. The van der Waals surface area contributed by atoms with E-state index in [1.54, 1.807) is 6.07 Å². The molecule has 0 radical (unpaired) electrons. The summed E-state index contributed by atoms with van der Waals surface area (Å²) < 4.78 is 2.19. The van der Waals surface area contributed by atoms with Crippen molar-refractivity contribution in [3.63, 3.8) is 0 Å². The van der Waals surface area contributed by atoms with Crippen LogP contribution in [-0.2, 0) is 19.9 Å². The van der Waals surface area contributed by atoms with Crippen LogP contribution in [0.5, 0.6) is 11.5 Å². The van der Waals surface area contributed by atoms with E-state index < -0.39 is 0 Å². The molecule has 0 spiro atoms. The number of hydrogen-bond donors (Lipinski definition) is 4. The fourth-order valence-corrected chi connectivity index (χ4v) is 3.70. The summed E-state index contributed by atoms with van der Waals surface area (Å²) in [7, 11) is 4.10. The Morgan fingerprint density at radius 2 is 2.00 bits per heavy atom. The van der Waals surface area contributed by atoms with Gasteiger partial charge in [0.15, 0.2) is 11.5 Å². The molecule has 1 aromatic carbocycles. The first kappa shape index (κ1) is 15.8. The molecule has 1 atom stereocenters. The van der Waals surface area contributed by atoms with Crippen molar-refractivity contribution in [2.45, 2.75) is 25.3 Å². The maximum Gasteiger partial charge on any atom is 0.159 e. The lowest BCUT2D eigenvalue weighted by atomic mass is 9.92. The predicted molar refractivity (Wildman–Crippen MR) is 98.6 cm³/mol. The quantitative estimate of drug-likeness (QED) is 0.436. The van der Waals surface area contributed by atoms with Crippen LogP contribution < -0.4 is 10.6 Å². The number of nitrogens with zero attached hydrogens (tertiary/aromatic N) is 2. The number of anilines is 2. The second-order valence-electron chi connectivity index (χ2n) is 6.61. The van der Waals surface area contributed by atoms with Crippen molar-refractivity contribution in [2.75, 3.05) is 12.4 Å². The van der Waals surface area contributed by atoms with Gasteiger partial charge >= 0.3 is 0 Å². The number of hydrogen-bond acceptors (Lipinski definition) is 5. The Morgan fingerprint density at radius 1 is 1.16 bits per heavy atom. The predicted octanol–water partition coefficient (Wildman–Crippen LogP) is 2.80. The zero-order valence-corrected chi connectivity index (χ0v) is 14.4. The Kier molecular flexibility index (Phi) is 3.77. The molecule has 25 heavy (non-hydrogen) atoms. The Hall–Kier alpha value is -2.73. The minimum atomic E-state index is -0.154. The van der Waals surface area contributed by atoms with Gasteiger partial charge in [0.05, 0.1) is 0 Å². The van der Waals surface area contributed by atoms with E-state index in [9.17, 15) is 10.2 Å². The van der Waals surface area contributed by atoms with Gasteiger partial charge in [-0.25, -0.2) is 4.98 Å². The number of aryl methyl sites for hydroxylation is 1. The maximum atomic E-state index is 9.63. The van der Waals surface area contributed by atoms with E-state index in [-0.39, 0.29) is 11.5 Å². The Balaban J connectivity index is 1.71. The average Bonchev–Trinajstić information content (AvgIpc) is 2.90. The van der Waals surface area contributed by atoms with Crippen LogP contribution in [0.4, 0.5) is 11.5 Å². The minimum absolute atomic E-state index is 0.136. The van der Waals surface area contributed by atoms with E-state index in [1.165, 1.54) is 28.8 Å². The molecule has 6 nitrogen and oxygen atoms in total. The van der Waals surface area contributed by atoms with Gasteiger partial charge < -0.3 is 25.4 Å². The summed E-state index contributed by atoms with van der Waals surface area (Å²) in [5.74, 6) is 0.419. The molecule has 0 saturated carbocycles. The first-order valence-electron chi connectivity index (χ1n) is 8.50. The fourth-order valence-electron chi connectivity index (χ4n) is 3.70. The average molecular weight is 338 g/mol. The highest BCUT2D eigenvalue weighted by Crippen LogP contribution is 2.33. The van der Waals surface area contributed by atoms with Gasteiger partial charge in [0.25, 0.3) is 0 Å². The van der Waals surface area contributed by atoms with Gasteiger partial charge in [-0.05, 0) is 56.1 Å². The van der Waals surface area contributed by atoms with E-state index >= 15 is 0 Å².